The number of carboxylic acid groups (broad SMARTS) is 1. The maximum atomic E-state index is 10.9. The van der Waals surface area contributed by atoms with E-state index >= 15 is 0 Å². The molecule has 0 aliphatic heterocycles. The first kappa shape index (κ1) is 13.0. The minimum absolute atomic E-state index is 0.494. The van der Waals surface area contributed by atoms with Crippen LogP contribution in [-0.2, 0) is 18.3 Å². The molecule has 1 atom stereocenters. The Kier molecular flexibility index (Phi) is 3.61. The van der Waals surface area contributed by atoms with Crippen molar-refractivity contribution < 1.29 is 9.90 Å². The van der Waals surface area contributed by atoms with E-state index < -0.39 is 11.2 Å². The highest BCUT2D eigenvalue weighted by molar-refractivity contribution is 8.00. The molecule has 0 aliphatic carbocycles. The smallest absolute Gasteiger partial charge is 0.316 e. The van der Waals surface area contributed by atoms with Crippen molar-refractivity contribution in [3.8, 4) is 0 Å². The number of imidazole rings is 1. The van der Waals surface area contributed by atoms with Crippen LogP contribution < -0.4 is 0 Å². The number of aliphatic carboxylic acids is 1. The summed E-state index contributed by atoms with van der Waals surface area (Å²) in [5.74, 6) is -0.818. The molecular formula is C13H16N2O2S. The number of fused-ring (bicyclic) bond motifs is 1. The van der Waals surface area contributed by atoms with Crippen LogP contribution in [-0.4, -0.2) is 25.9 Å². The molecule has 1 N–H and O–H groups in total. The van der Waals surface area contributed by atoms with Crippen molar-refractivity contribution in [2.24, 2.45) is 7.05 Å². The molecule has 0 amide bonds. The van der Waals surface area contributed by atoms with Gasteiger partial charge in [-0.15, -0.1) is 0 Å². The third-order valence-corrected chi connectivity index (χ3v) is 4.07. The van der Waals surface area contributed by atoms with E-state index in [1.165, 1.54) is 17.3 Å². The minimum Gasteiger partial charge on any atom is -0.480 e. The Bertz CT molecular complexity index is 592. The molecule has 2 rings (SSSR count). The third-order valence-electron chi connectivity index (χ3n) is 2.94. The fourth-order valence-corrected chi connectivity index (χ4v) is 2.58. The van der Waals surface area contributed by atoms with Crippen LogP contribution >= 0.6 is 11.8 Å². The van der Waals surface area contributed by atoms with Gasteiger partial charge in [0.2, 0.25) is 0 Å². The molecule has 18 heavy (non-hydrogen) atoms. The van der Waals surface area contributed by atoms with Crippen LogP contribution in [0.1, 0.15) is 19.4 Å². The number of carboxylic acids is 1. The van der Waals surface area contributed by atoms with Crippen molar-refractivity contribution in [2.75, 3.05) is 0 Å². The topological polar surface area (TPSA) is 55.1 Å². The summed E-state index contributed by atoms with van der Waals surface area (Å²) in [6, 6.07) is 6.18. The summed E-state index contributed by atoms with van der Waals surface area (Å²) >= 11 is 1.27. The summed E-state index contributed by atoms with van der Waals surface area (Å²) in [7, 11) is 1.91. The first-order valence-electron chi connectivity index (χ1n) is 5.87. The highest BCUT2D eigenvalue weighted by Gasteiger charge is 2.17. The molecule has 0 saturated heterocycles. The first-order valence-corrected chi connectivity index (χ1v) is 6.75. The Balaban J connectivity index is 2.40. The van der Waals surface area contributed by atoms with Gasteiger partial charge in [-0.2, -0.15) is 0 Å². The largest absolute Gasteiger partial charge is 0.480 e. The number of rotatable bonds is 4. The SMILES string of the molecule is CCc1ccc2c(c1)nc(SC(C)C(=O)O)n2C. The third kappa shape index (κ3) is 2.36. The molecule has 0 bridgehead atoms. The maximum absolute atomic E-state index is 10.9. The highest BCUT2D eigenvalue weighted by atomic mass is 32.2. The molecule has 2 aromatic rings. The average molecular weight is 264 g/mol. The van der Waals surface area contributed by atoms with Crippen LogP contribution in [0, 0.1) is 0 Å². The van der Waals surface area contributed by atoms with Gasteiger partial charge in [0.1, 0.15) is 5.25 Å². The van der Waals surface area contributed by atoms with Gasteiger partial charge in [-0.1, -0.05) is 24.8 Å². The fourth-order valence-electron chi connectivity index (χ4n) is 1.76. The number of aryl methyl sites for hydroxylation is 2. The Labute approximate surface area is 110 Å². The lowest BCUT2D eigenvalue weighted by atomic mass is 10.1. The van der Waals surface area contributed by atoms with Crippen molar-refractivity contribution in [1.29, 1.82) is 0 Å². The molecule has 1 heterocycles. The number of aromatic nitrogens is 2. The predicted molar refractivity (Wildman–Crippen MR) is 73.0 cm³/mol. The molecule has 1 aromatic carbocycles. The molecule has 0 radical (unpaired) electrons. The van der Waals surface area contributed by atoms with Gasteiger partial charge >= 0.3 is 5.97 Å². The summed E-state index contributed by atoms with van der Waals surface area (Å²) < 4.78 is 1.94. The van der Waals surface area contributed by atoms with Crippen LogP contribution in [0.25, 0.3) is 11.0 Å². The number of nitrogens with zero attached hydrogens (tertiary/aromatic N) is 2. The quantitative estimate of drug-likeness (QED) is 0.863. The Morgan fingerprint density at radius 2 is 2.28 bits per heavy atom. The van der Waals surface area contributed by atoms with E-state index in [0.29, 0.717) is 0 Å². The van der Waals surface area contributed by atoms with E-state index in [1.54, 1.807) is 6.92 Å². The van der Waals surface area contributed by atoms with Crippen LogP contribution in [0.3, 0.4) is 0 Å². The van der Waals surface area contributed by atoms with Crippen molar-refractivity contribution in [3.63, 3.8) is 0 Å². The lowest BCUT2D eigenvalue weighted by Gasteiger charge is -2.05. The molecule has 1 unspecified atom stereocenters. The molecule has 96 valence electrons. The number of benzene rings is 1. The fraction of sp³-hybridized carbons (Fsp3) is 0.385. The van der Waals surface area contributed by atoms with Gasteiger partial charge < -0.3 is 9.67 Å². The normalized spacial score (nSPS) is 12.8. The average Bonchev–Trinajstić information content (AvgIpc) is 2.65. The van der Waals surface area contributed by atoms with Gasteiger partial charge in [-0.05, 0) is 31.0 Å². The van der Waals surface area contributed by atoms with Gasteiger partial charge in [-0.3, -0.25) is 4.79 Å². The second kappa shape index (κ2) is 5.02. The maximum Gasteiger partial charge on any atom is 0.316 e. The molecule has 1 aromatic heterocycles. The molecule has 0 saturated carbocycles. The first-order chi connectivity index (χ1) is 8.52. The van der Waals surface area contributed by atoms with E-state index in [1.807, 2.05) is 17.7 Å². The lowest BCUT2D eigenvalue weighted by Crippen LogP contribution is -2.12. The molecule has 0 aliphatic rings. The monoisotopic (exact) mass is 264 g/mol. The zero-order valence-corrected chi connectivity index (χ0v) is 11.5. The second-order valence-electron chi connectivity index (χ2n) is 4.23. The summed E-state index contributed by atoms with van der Waals surface area (Å²) in [6.07, 6.45) is 0.973. The van der Waals surface area contributed by atoms with Gasteiger partial charge in [0.15, 0.2) is 5.16 Å². The van der Waals surface area contributed by atoms with E-state index in [4.69, 9.17) is 5.11 Å². The van der Waals surface area contributed by atoms with Crippen molar-refractivity contribution in [2.45, 2.75) is 30.7 Å². The molecule has 0 fully saturated rings. The van der Waals surface area contributed by atoms with E-state index in [2.05, 4.69) is 24.0 Å². The molecular weight excluding hydrogens is 248 g/mol. The van der Waals surface area contributed by atoms with E-state index in [-0.39, 0.29) is 0 Å². The van der Waals surface area contributed by atoms with Gasteiger partial charge in [0.05, 0.1) is 11.0 Å². The number of thioether (sulfide) groups is 1. The zero-order chi connectivity index (χ0) is 13.3. The van der Waals surface area contributed by atoms with Crippen LogP contribution in [0.15, 0.2) is 23.4 Å². The van der Waals surface area contributed by atoms with E-state index in [9.17, 15) is 4.79 Å². The van der Waals surface area contributed by atoms with Crippen molar-refractivity contribution in [1.82, 2.24) is 9.55 Å². The highest BCUT2D eigenvalue weighted by Crippen LogP contribution is 2.26. The van der Waals surface area contributed by atoms with Gasteiger partial charge in [0.25, 0.3) is 0 Å². The summed E-state index contributed by atoms with van der Waals surface area (Å²) in [5.41, 5.74) is 3.20. The Morgan fingerprint density at radius 1 is 1.56 bits per heavy atom. The standard InChI is InChI=1S/C13H16N2O2S/c1-4-9-5-6-11-10(7-9)14-13(15(11)3)18-8(2)12(16)17/h5-8H,4H2,1-3H3,(H,16,17). The van der Waals surface area contributed by atoms with Crippen LogP contribution in [0.4, 0.5) is 0 Å². The second-order valence-corrected chi connectivity index (χ2v) is 5.54. The van der Waals surface area contributed by atoms with Crippen molar-refractivity contribution in [3.05, 3.63) is 23.8 Å². The van der Waals surface area contributed by atoms with Crippen LogP contribution in [0.2, 0.25) is 0 Å². The summed E-state index contributed by atoms with van der Waals surface area (Å²) in [4.78, 5) is 15.4. The summed E-state index contributed by atoms with van der Waals surface area (Å²) in [5, 5.41) is 9.18. The molecule has 4 nitrogen and oxygen atoms in total. The lowest BCUT2D eigenvalue weighted by molar-refractivity contribution is -0.136. The Morgan fingerprint density at radius 3 is 2.89 bits per heavy atom. The summed E-state index contributed by atoms with van der Waals surface area (Å²) in [6.45, 7) is 3.77. The molecule has 5 heteroatoms. The zero-order valence-electron chi connectivity index (χ0n) is 10.7. The number of hydrogen-bond acceptors (Lipinski definition) is 3. The minimum atomic E-state index is -0.818. The van der Waals surface area contributed by atoms with Gasteiger partial charge in [-0.25, -0.2) is 4.98 Å². The van der Waals surface area contributed by atoms with Gasteiger partial charge in [0, 0.05) is 7.05 Å². The predicted octanol–water partition coefficient (Wildman–Crippen LogP) is 2.70. The number of hydrogen-bond donors (Lipinski definition) is 1. The molecule has 0 spiro atoms. The number of carbonyl (C=O) groups is 1. The van der Waals surface area contributed by atoms with Crippen LogP contribution in [0.5, 0.6) is 0 Å². The Hall–Kier alpha value is -1.49. The van der Waals surface area contributed by atoms with Crippen molar-refractivity contribution >= 4 is 28.8 Å². The van der Waals surface area contributed by atoms with E-state index in [0.717, 1.165) is 22.6 Å².